The number of ether oxygens (including phenoxy) is 1. The van der Waals surface area contributed by atoms with Crippen LogP contribution in [0.3, 0.4) is 0 Å². The first kappa shape index (κ1) is 13.6. The zero-order chi connectivity index (χ0) is 14.2. The Bertz CT molecular complexity index is 495. The highest BCUT2D eigenvalue weighted by molar-refractivity contribution is 5.71. The molecule has 1 aromatic carbocycles. The number of methoxy groups -OCH3 is 1. The molecule has 0 bridgehead atoms. The van der Waals surface area contributed by atoms with E-state index in [-0.39, 0.29) is 17.4 Å². The molecular formula is C13H18N2O4. The molecule has 0 saturated carbocycles. The maximum absolute atomic E-state index is 11.2. The molecule has 0 amide bonds. The quantitative estimate of drug-likeness (QED) is 0.664. The standard InChI is InChI=1S/C13H18N2O4/c1-9(2)13(16)7-14(8-13)10-5-4-6-11(19-3)12(10)15(17)18/h4-6,9,16H,7-8H2,1-3H3. The monoisotopic (exact) mass is 266 g/mol. The van der Waals surface area contributed by atoms with Crippen LogP contribution >= 0.6 is 0 Å². The molecule has 2 rings (SSSR count). The van der Waals surface area contributed by atoms with Gasteiger partial charge in [-0.1, -0.05) is 19.9 Å². The van der Waals surface area contributed by atoms with Crippen molar-refractivity contribution in [2.24, 2.45) is 5.92 Å². The van der Waals surface area contributed by atoms with Crippen LogP contribution in [0.15, 0.2) is 18.2 Å². The molecule has 1 aliphatic rings. The molecule has 0 spiro atoms. The molecule has 19 heavy (non-hydrogen) atoms. The molecule has 104 valence electrons. The summed E-state index contributed by atoms with van der Waals surface area (Å²) in [6.45, 7) is 4.69. The minimum Gasteiger partial charge on any atom is -0.490 e. The number of rotatable bonds is 4. The van der Waals surface area contributed by atoms with Crippen molar-refractivity contribution in [1.29, 1.82) is 0 Å². The van der Waals surface area contributed by atoms with Crippen LogP contribution in [0, 0.1) is 16.0 Å². The highest BCUT2D eigenvalue weighted by atomic mass is 16.6. The molecule has 0 atom stereocenters. The van der Waals surface area contributed by atoms with E-state index in [1.165, 1.54) is 7.11 Å². The van der Waals surface area contributed by atoms with E-state index in [2.05, 4.69) is 0 Å². The number of nitrogens with zero attached hydrogens (tertiary/aromatic N) is 2. The molecular weight excluding hydrogens is 248 g/mol. The molecule has 1 saturated heterocycles. The van der Waals surface area contributed by atoms with Crippen molar-refractivity contribution in [3.8, 4) is 5.75 Å². The van der Waals surface area contributed by atoms with E-state index in [4.69, 9.17) is 4.74 Å². The molecule has 0 aliphatic carbocycles. The predicted octanol–water partition coefficient (Wildman–Crippen LogP) is 1.81. The average molecular weight is 266 g/mol. The van der Waals surface area contributed by atoms with Gasteiger partial charge < -0.3 is 14.7 Å². The lowest BCUT2D eigenvalue weighted by molar-refractivity contribution is -0.385. The van der Waals surface area contributed by atoms with Crippen molar-refractivity contribution in [2.75, 3.05) is 25.1 Å². The molecule has 0 aromatic heterocycles. The van der Waals surface area contributed by atoms with Gasteiger partial charge in [-0.15, -0.1) is 0 Å². The second kappa shape index (κ2) is 4.70. The first-order chi connectivity index (χ1) is 8.89. The Kier molecular flexibility index (Phi) is 3.36. The average Bonchev–Trinajstić information content (AvgIpc) is 2.33. The van der Waals surface area contributed by atoms with E-state index in [0.717, 1.165) is 0 Å². The largest absolute Gasteiger partial charge is 0.490 e. The lowest BCUT2D eigenvalue weighted by atomic mass is 9.82. The molecule has 6 heteroatoms. The van der Waals surface area contributed by atoms with Gasteiger partial charge in [0.25, 0.3) is 0 Å². The Balaban J connectivity index is 2.30. The van der Waals surface area contributed by atoms with Crippen LogP contribution in [-0.4, -0.2) is 35.8 Å². The van der Waals surface area contributed by atoms with Crippen molar-refractivity contribution in [3.05, 3.63) is 28.3 Å². The third-order valence-electron chi connectivity index (χ3n) is 3.72. The summed E-state index contributed by atoms with van der Waals surface area (Å²) in [5.41, 5.74) is -0.317. The lowest BCUT2D eigenvalue weighted by Crippen LogP contribution is -2.64. The third-order valence-corrected chi connectivity index (χ3v) is 3.72. The smallest absolute Gasteiger partial charge is 0.333 e. The minimum atomic E-state index is -0.767. The van der Waals surface area contributed by atoms with E-state index in [1.54, 1.807) is 23.1 Å². The van der Waals surface area contributed by atoms with Crippen molar-refractivity contribution in [2.45, 2.75) is 19.4 Å². The van der Waals surface area contributed by atoms with Crippen LogP contribution in [-0.2, 0) is 0 Å². The van der Waals surface area contributed by atoms with E-state index >= 15 is 0 Å². The number of hydrogen-bond donors (Lipinski definition) is 1. The molecule has 1 heterocycles. The first-order valence-electron chi connectivity index (χ1n) is 6.18. The van der Waals surface area contributed by atoms with Gasteiger partial charge in [0.2, 0.25) is 0 Å². The molecule has 1 aromatic rings. The van der Waals surface area contributed by atoms with Crippen molar-refractivity contribution >= 4 is 11.4 Å². The maximum atomic E-state index is 11.2. The number of para-hydroxylation sites is 1. The van der Waals surface area contributed by atoms with Crippen LogP contribution in [0.1, 0.15) is 13.8 Å². The topological polar surface area (TPSA) is 75.8 Å². The number of nitro groups is 1. The highest BCUT2D eigenvalue weighted by Gasteiger charge is 2.45. The fraction of sp³-hybridized carbons (Fsp3) is 0.538. The Hall–Kier alpha value is -1.82. The summed E-state index contributed by atoms with van der Waals surface area (Å²) >= 11 is 0. The number of nitro benzene ring substituents is 1. The summed E-state index contributed by atoms with van der Waals surface area (Å²) in [6, 6.07) is 4.96. The molecule has 6 nitrogen and oxygen atoms in total. The number of anilines is 1. The van der Waals surface area contributed by atoms with Gasteiger partial charge in [-0.05, 0) is 18.1 Å². The van der Waals surface area contributed by atoms with Crippen LogP contribution in [0.4, 0.5) is 11.4 Å². The van der Waals surface area contributed by atoms with Gasteiger partial charge in [0.1, 0.15) is 11.3 Å². The van der Waals surface area contributed by atoms with Crippen molar-refractivity contribution < 1.29 is 14.8 Å². The molecule has 0 unspecified atom stereocenters. The summed E-state index contributed by atoms with van der Waals surface area (Å²) in [5, 5.41) is 21.4. The number of aliphatic hydroxyl groups is 1. The fourth-order valence-electron chi connectivity index (χ4n) is 2.26. The maximum Gasteiger partial charge on any atom is 0.333 e. The van der Waals surface area contributed by atoms with E-state index in [0.29, 0.717) is 18.8 Å². The molecule has 1 aliphatic heterocycles. The van der Waals surface area contributed by atoms with Gasteiger partial charge in [0, 0.05) is 13.1 Å². The zero-order valence-electron chi connectivity index (χ0n) is 11.3. The second-order valence-corrected chi connectivity index (χ2v) is 5.20. The van der Waals surface area contributed by atoms with Crippen LogP contribution in [0.5, 0.6) is 5.75 Å². The SMILES string of the molecule is COc1cccc(N2CC(O)(C(C)C)C2)c1[N+](=O)[O-]. The Morgan fingerprint density at radius 3 is 2.58 bits per heavy atom. The van der Waals surface area contributed by atoms with E-state index in [1.807, 2.05) is 13.8 Å². The highest BCUT2D eigenvalue weighted by Crippen LogP contribution is 2.41. The molecule has 1 fully saturated rings. The summed E-state index contributed by atoms with van der Waals surface area (Å²) in [7, 11) is 1.41. The van der Waals surface area contributed by atoms with Gasteiger partial charge >= 0.3 is 5.69 Å². The lowest BCUT2D eigenvalue weighted by Gasteiger charge is -2.50. The van der Waals surface area contributed by atoms with Gasteiger partial charge in [0.15, 0.2) is 5.75 Å². The van der Waals surface area contributed by atoms with Crippen LogP contribution in [0.25, 0.3) is 0 Å². The second-order valence-electron chi connectivity index (χ2n) is 5.20. The minimum absolute atomic E-state index is 0.0455. The number of benzene rings is 1. The fourth-order valence-corrected chi connectivity index (χ4v) is 2.26. The van der Waals surface area contributed by atoms with Gasteiger partial charge in [-0.25, -0.2) is 0 Å². The van der Waals surface area contributed by atoms with Crippen molar-refractivity contribution in [1.82, 2.24) is 0 Å². The van der Waals surface area contributed by atoms with Gasteiger partial charge in [-0.3, -0.25) is 10.1 Å². The predicted molar refractivity (Wildman–Crippen MR) is 71.6 cm³/mol. The van der Waals surface area contributed by atoms with Gasteiger partial charge in [-0.2, -0.15) is 0 Å². The molecule has 1 N–H and O–H groups in total. The summed E-state index contributed by atoms with van der Waals surface area (Å²) in [6.07, 6.45) is 0. The van der Waals surface area contributed by atoms with Crippen molar-refractivity contribution in [3.63, 3.8) is 0 Å². The normalized spacial score (nSPS) is 17.2. The summed E-state index contributed by atoms with van der Waals surface area (Å²) in [5.74, 6) is 0.357. The Morgan fingerprint density at radius 2 is 2.11 bits per heavy atom. The summed E-state index contributed by atoms with van der Waals surface area (Å²) < 4.78 is 5.03. The van der Waals surface area contributed by atoms with Crippen LogP contribution < -0.4 is 9.64 Å². The Labute approximate surface area is 111 Å². The first-order valence-corrected chi connectivity index (χ1v) is 6.18. The zero-order valence-corrected chi connectivity index (χ0v) is 11.3. The molecule has 0 radical (unpaired) electrons. The number of hydrogen-bond acceptors (Lipinski definition) is 5. The van der Waals surface area contributed by atoms with E-state index < -0.39 is 10.5 Å². The number of β-amino-alcohol motifs (C(OH)–C–C–N with tert-alkyl or cyclic N) is 1. The Morgan fingerprint density at radius 1 is 1.47 bits per heavy atom. The van der Waals surface area contributed by atoms with Gasteiger partial charge in [0.05, 0.1) is 12.0 Å². The third kappa shape index (κ3) is 2.23. The summed E-state index contributed by atoms with van der Waals surface area (Å²) in [4.78, 5) is 12.5. The van der Waals surface area contributed by atoms with E-state index in [9.17, 15) is 15.2 Å². The van der Waals surface area contributed by atoms with Crippen LogP contribution in [0.2, 0.25) is 0 Å².